The number of carbonyl (C=O) groups is 1. The molecule has 1 atom stereocenters. The van der Waals surface area contributed by atoms with Crippen LogP contribution >= 0.6 is 11.6 Å². The van der Waals surface area contributed by atoms with Gasteiger partial charge in [0.15, 0.2) is 0 Å². The third-order valence-corrected chi connectivity index (χ3v) is 4.12. The second-order valence-corrected chi connectivity index (χ2v) is 5.55. The molecule has 1 amide bonds. The largest absolute Gasteiger partial charge is 0.338 e. The molecule has 2 N–H and O–H groups in total. The van der Waals surface area contributed by atoms with Crippen LogP contribution in [0.25, 0.3) is 0 Å². The van der Waals surface area contributed by atoms with E-state index in [2.05, 4.69) is 0 Å². The third kappa shape index (κ3) is 3.87. The van der Waals surface area contributed by atoms with Crippen LogP contribution in [0.4, 0.5) is 0 Å². The van der Waals surface area contributed by atoms with Gasteiger partial charge in [-0.15, -0.1) is 0 Å². The van der Waals surface area contributed by atoms with Crippen molar-refractivity contribution in [2.24, 2.45) is 5.73 Å². The number of likely N-dealkylation sites (N-methyl/N-ethyl adjacent to an activating group) is 1. The van der Waals surface area contributed by atoms with Gasteiger partial charge in [-0.3, -0.25) is 4.79 Å². The van der Waals surface area contributed by atoms with Crippen LogP contribution < -0.4 is 5.73 Å². The molecular weight excluding hydrogens is 296 g/mol. The van der Waals surface area contributed by atoms with E-state index in [1.54, 1.807) is 4.90 Å². The average Bonchev–Trinajstić information content (AvgIpc) is 2.55. The van der Waals surface area contributed by atoms with E-state index in [-0.39, 0.29) is 11.8 Å². The second kappa shape index (κ2) is 7.97. The molecule has 2 rings (SSSR count). The number of hydrogen-bond acceptors (Lipinski definition) is 2. The fourth-order valence-electron chi connectivity index (χ4n) is 2.46. The van der Waals surface area contributed by atoms with E-state index in [1.165, 1.54) is 0 Å². The standard InChI is InChI=1S/C18H21ClN2O/c1-2-21(13-15-10-6-7-11-17(15)19)18(22)16(12-20)14-8-4-3-5-9-14/h3-11,16H,2,12-13,20H2,1H3. The Labute approximate surface area is 136 Å². The Kier molecular flexibility index (Phi) is 5.99. The lowest BCUT2D eigenvalue weighted by Crippen LogP contribution is -2.37. The van der Waals surface area contributed by atoms with E-state index in [4.69, 9.17) is 17.3 Å². The number of carbonyl (C=O) groups excluding carboxylic acids is 1. The van der Waals surface area contributed by atoms with Crippen LogP contribution in [0.2, 0.25) is 5.02 Å². The van der Waals surface area contributed by atoms with Crippen LogP contribution in [-0.2, 0) is 11.3 Å². The first-order valence-electron chi connectivity index (χ1n) is 7.44. The number of hydrogen-bond donors (Lipinski definition) is 1. The summed E-state index contributed by atoms with van der Waals surface area (Å²) in [7, 11) is 0. The molecule has 0 saturated heterocycles. The Balaban J connectivity index is 2.19. The number of rotatable bonds is 6. The Bertz CT molecular complexity index is 615. The summed E-state index contributed by atoms with van der Waals surface area (Å²) in [5.41, 5.74) is 7.75. The molecule has 3 nitrogen and oxygen atoms in total. The van der Waals surface area contributed by atoms with Gasteiger partial charge in [0.25, 0.3) is 0 Å². The van der Waals surface area contributed by atoms with Gasteiger partial charge in [0.05, 0.1) is 5.92 Å². The average molecular weight is 317 g/mol. The first-order chi connectivity index (χ1) is 10.7. The summed E-state index contributed by atoms with van der Waals surface area (Å²) in [5, 5.41) is 0.678. The summed E-state index contributed by atoms with van der Waals surface area (Å²) in [6.45, 7) is 3.38. The summed E-state index contributed by atoms with van der Waals surface area (Å²) < 4.78 is 0. The fourth-order valence-corrected chi connectivity index (χ4v) is 2.66. The molecule has 0 heterocycles. The first-order valence-corrected chi connectivity index (χ1v) is 7.82. The van der Waals surface area contributed by atoms with Crippen LogP contribution in [-0.4, -0.2) is 23.9 Å². The molecule has 0 fully saturated rings. The van der Waals surface area contributed by atoms with Crippen molar-refractivity contribution in [3.05, 3.63) is 70.7 Å². The second-order valence-electron chi connectivity index (χ2n) is 5.14. The highest BCUT2D eigenvalue weighted by molar-refractivity contribution is 6.31. The minimum absolute atomic E-state index is 0.0381. The fraction of sp³-hybridized carbons (Fsp3) is 0.278. The van der Waals surface area contributed by atoms with Crippen molar-refractivity contribution >= 4 is 17.5 Å². The first kappa shape index (κ1) is 16.5. The highest BCUT2D eigenvalue weighted by Crippen LogP contribution is 2.21. The molecule has 0 aromatic heterocycles. The lowest BCUT2D eigenvalue weighted by molar-refractivity contribution is -0.133. The van der Waals surface area contributed by atoms with Gasteiger partial charge in [0.2, 0.25) is 5.91 Å². The maximum Gasteiger partial charge on any atom is 0.231 e. The van der Waals surface area contributed by atoms with Crippen molar-refractivity contribution in [2.45, 2.75) is 19.4 Å². The molecule has 0 aliphatic rings. The zero-order valence-electron chi connectivity index (χ0n) is 12.7. The minimum atomic E-state index is -0.316. The van der Waals surface area contributed by atoms with E-state index < -0.39 is 0 Å². The number of amides is 1. The van der Waals surface area contributed by atoms with Crippen LogP contribution in [0.5, 0.6) is 0 Å². The van der Waals surface area contributed by atoms with E-state index in [1.807, 2.05) is 61.5 Å². The van der Waals surface area contributed by atoms with Crippen molar-refractivity contribution < 1.29 is 4.79 Å². The molecular formula is C18H21ClN2O. The van der Waals surface area contributed by atoms with Gasteiger partial charge in [-0.25, -0.2) is 0 Å². The summed E-state index contributed by atoms with van der Waals surface area (Å²) in [6, 6.07) is 17.3. The molecule has 1 unspecified atom stereocenters. The van der Waals surface area contributed by atoms with E-state index in [0.717, 1.165) is 11.1 Å². The molecule has 116 valence electrons. The predicted octanol–water partition coefficient (Wildman–Crippen LogP) is 3.43. The molecule has 0 aliphatic heterocycles. The topological polar surface area (TPSA) is 46.3 Å². The van der Waals surface area contributed by atoms with Gasteiger partial charge in [-0.1, -0.05) is 60.1 Å². The predicted molar refractivity (Wildman–Crippen MR) is 90.8 cm³/mol. The highest BCUT2D eigenvalue weighted by Gasteiger charge is 2.24. The van der Waals surface area contributed by atoms with Gasteiger partial charge >= 0.3 is 0 Å². The summed E-state index contributed by atoms with van der Waals surface area (Å²) in [6.07, 6.45) is 0. The summed E-state index contributed by atoms with van der Waals surface area (Å²) >= 11 is 6.20. The maximum atomic E-state index is 12.8. The Morgan fingerprint density at radius 3 is 2.36 bits per heavy atom. The number of halogens is 1. The van der Waals surface area contributed by atoms with Crippen LogP contribution in [0.3, 0.4) is 0 Å². The van der Waals surface area contributed by atoms with E-state index >= 15 is 0 Å². The molecule has 0 saturated carbocycles. The van der Waals surface area contributed by atoms with Crippen LogP contribution in [0.1, 0.15) is 24.0 Å². The zero-order valence-corrected chi connectivity index (χ0v) is 13.5. The molecule has 4 heteroatoms. The SMILES string of the molecule is CCN(Cc1ccccc1Cl)C(=O)C(CN)c1ccccc1. The van der Waals surface area contributed by atoms with Crippen molar-refractivity contribution in [1.82, 2.24) is 4.90 Å². The number of benzene rings is 2. The van der Waals surface area contributed by atoms with Gasteiger partial charge in [-0.05, 0) is 24.1 Å². The highest BCUT2D eigenvalue weighted by atomic mass is 35.5. The number of nitrogens with zero attached hydrogens (tertiary/aromatic N) is 1. The smallest absolute Gasteiger partial charge is 0.231 e. The molecule has 0 spiro atoms. The maximum absolute atomic E-state index is 12.8. The molecule has 0 radical (unpaired) electrons. The van der Waals surface area contributed by atoms with Gasteiger partial charge in [0, 0.05) is 24.7 Å². The Hall–Kier alpha value is -1.84. The normalized spacial score (nSPS) is 12.0. The van der Waals surface area contributed by atoms with Crippen molar-refractivity contribution in [3.63, 3.8) is 0 Å². The van der Waals surface area contributed by atoms with Crippen LogP contribution in [0.15, 0.2) is 54.6 Å². The van der Waals surface area contributed by atoms with E-state index in [9.17, 15) is 4.79 Å². The quantitative estimate of drug-likeness (QED) is 0.887. The van der Waals surface area contributed by atoms with Crippen molar-refractivity contribution in [2.75, 3.05) is 13.1 Å². The van der Waals surface area contributed by atoms with Gasteiger partial charge in [0.1, 0.15) is 0 Å². The molecule has 0 bridgehead atoms. The van der Waals surface area contributed by atoms with Crippen molar-refractivity contribution in [3.8, 4) is 0 Å². The number of nitrogens with two attached hydrogens (primary N) is 1. The molecule has 2 aromatic rings. The summed E-state index contributed by atoms with van der Waals surface area (Å²) in [4.78, 5) is 14.6. The lowest BCUT2D eigenvalue weighted by Gasteiger charge is -2.26. The lowest BCUT2D eigenvalue weighted by atomic mass is 9.97. The van der Waals surface area contributed by atoms with E-state index in [0.29, 0.717) is 24.7 Å². The Morgan fingerprint density at radius 1 is 1.14 bits per heavy atom. The van der Waals surface area contributed by atoms with Gasteiger partial charge in [-0.2, -0.15) is 0 Å². The van der Waals surface area contributed by atoms with Crippen LogP contribution in [0, 0.1) is 0 Å². The monoisotopic (exact) mass is 316 g/mol. The molecule has 2 aromatic carbocycles. The van der Waals surface area contributed by atoms with Gasteiger partial charge < -0.3 is 10.6 Å². The molecule has 0 aliphatic carbocycles. The Morgan fingerprint density at radius 2 is 1.77 bits per heavy atom. The van der Waals surface area contributed by atoms with Crippen molar-refractivity contribution in [1.29, 1.82) is 0 Å². The third-order valence-electron chi connectivity index (χ3n) is 3.75. The minimum Gasteiger partial charge on any atom is -0.338 e. The zero-order chi connectivity index (χ0) is 15.9. The molecule has 22 heavy (non-hydrogen) atoms. The summed E-state index contributed by atoms with van der Waals surface area (Å²) in [5.74, 6) is -0.278.